The number of nitrogens with zero attached hydrogens (tertiary/aromatic N) is 3. The molecule has 2 aliphatic heterocycles. The van der Waals surface area contributed by atoms with E-state index in [-0.39, 0.29) is 18.4 Å². The number of aryl methyl sites for hydroxylation is 1. The monoisotopic (exact) mass is 447 g/mol. The topological polar surface area (TPSA) is 62.7 Å². The molecule has 0 fully saturated rings. The fourth-order valence-electron chi connectivity index (χ4n) is 4.34. The number of hydrogen-bond donors (Lipinski definition) is 0. The summed E-state index contributed by atoms with van der Waals surface area (Å²) in [5.41, 5.74) is 4.86. The normalized spacial score (nSPS) is 17.6. The standard InChI is InChI=1S/C25H25N3O3S/c1-3-22-25(30)28(14-24(29)27-11-10-17-6-4-5-7-19(17)13-27)21-12-18(8-9-23(21)31-22)20-15-32-16(2)26-20/h4-9,12,15,22H,3,10-11,13-14H2,1-2H3. The highest BCUT2D eigenvalue weighted by Crippen LogP contribution is 2.38. The molecule has 0 aliphatic carbocycles. The van der Waals surface area contributed by atoms with Crippen molar-refractivity contribution in [3.05, 3.63) is 64.0 Å². The molecule has 3 heterocycles. The van der Waals surface area contributed by atoms with Gasteiger partial charge in [0.25, 0.3) is 5.91 Å². The van der Waals surface area contributed by atoms with Gasteiger partial charge in [-0.2, -0.15) is 0 Å². The van der Waals surface area contributed by atoms with Gasteiger partial charge in [-0.15, -0.1) is 11.3 Å². The number of fused-ring (bicyclic) bond motifs is 2. The summed E-state index contributed by atoms with van der Waals surface area (Å²) in [7, 11) is 0. The molecule has 0 N–H and O–H groups in total. The molecule has 7 heteroatoms. The van der Waals surface area contributed by atoms with E-state index in [0.29, 0.717) is 30.9 Å². The third kappa shape index (κ3) is 3.77. The quantitative estimate of drug-likeness (QED) is 0.601. The highest BCUT2D eigenvalue weighted by Gasteiger charge is 2.36. The average Bonchev–Trinajstić information content (AvgIpc) is 3.26. The van der Waals surface area contributed by atoms with E-state index < -0.39 is 6.10 Å². The Morgan fingerprint density at radius 2 is 2.03 bits per heavy atom. The third-order valence-electron chi connectivity index (χ3n) is 6.12. The molecule has 5 rings (SSSR count). The Labute approximate surface area is 191 Å². The Morgan fingerprint density at radius 1 is 1.22 bits per heavy atom. The Morgan fingerprint density at radius 3 is 2.78 bits per heavy atom. The number of benzene rings is 2. The van der Waals surface area contributed by atoms with E-state index in [4.69, 9.17) is 4.74 Å². The van der Waals surface area contributed by atoms with Gasteiger partial charge in [0.2, 0.25) is 5.91 Å². The summed E-state index contributed by atoms with van der Waals surface area (Å²) in [5.74, 6) is 0.409. The highest BCUT2D eigenvalue weighted by molar-refractivity contribution is 7.09. The zero-order valence-corrected chi connectivity index (χ0v) is 19.0. The van der Waals surface area contributed by atoms with Gasteiger partial charge in [-0.25, -0.2) is 4.98 Å². The van der Waals surface area contributed by atoms with Crippen LogP contribution in [0.2, 0.25) is 0 Å². The van der Waals surface area contributed by atoms with E-state index >= 15 is 0 Å². The Balaban J connectivity index is 1.44. The van der Waals surface area contributed by atoms with Crippen LogP contribution in [0.25, 0.3) is 11.3 Å². The van der Waals surface area contributed by atoms with Gasteiger partial charge in [0.05, 0.1) is 16.4 Å². The maximum Gasteiger partial charge on any atom is 0.268 e. The number of aromatic nitrogens is 1. The molecule has 6 nitrogen and oxygen atoms in total. The summed E-state index contributed by atoms with van der Waals surface area (Å²) >= 11 is 1.58. The van der Waals surface area contributed by atoms with Crippen molar-refractivity contribution in [1.29, 1.82) is 0 Å². The van der Waals surface area contributed by atoms with Gasteiger partial charge in [-0.1, -0.05) is 31.2 Å². The molecule has 0 bridgehead atoms. The molecule has 0 saturated heterocycles. The summed E-state index contributed by atoms with van der Waals surface area (Å²) < 4.78 is 5.96. The van der Waals surface area contributed by atoms with Crippen molar-refractivity contribution < 1.29 is 14.3 Å². The van der Waals surface area contributed by atoms with Crippen LogP contribution in [0, 0.1) is 6.92 Å². The van der Waals surface area contributed by atoms with Crippen molar-refractivity contribution in [1.82, 2.24) is 9.88 Å². The highest BCUT2D eigenvalue weighted by atomic mass is 32.1. The summed E-state index contributed by atoms with van der Waals surface area (Å²) in [6.07, 6.45) is 0.804. The molecule has 1 unspecified atom stereocenters. The van der Waals surface area contributed by atoms with E-state index in [0.717, 1.165) is 22.7 Å². The first-order valence-corrected chi connectivity index (χ1v) is 11.8. The maximum absolute atomic E-state index is 13.3. The molecular formula is C25H25N3O3S. The molecule has 1 atom stereocenters. The van der Waals surface area contributed by atoms with Crippen LogP contribution in [-0.2, 0) is 22.6 Å². The molecule has 2 aromatic carbocycles. The first-order chi connectivity index (χ1) is 15.5. The molecule has 0 saturated carbocycles. The van der Waals surface area contributed by atoms with Crippen molar-refractivity contribution in [2.75, 3.05) is 18.0 Å². The van der Waals surface area contributed by atoms with Crippen LogP contribution in [-0.4, -0.2) is 40.9 Å². The molecule has 2 aliphatic rings. The molecule has 0 spiro atoms. The van der Waals surface area contributed by atoms with Crippen molar-refractivity contribution in [3.8, 4) is 17.0 Å². The minimum Gasteiger partial charge on any atom is -0.478 e. The SMILES string of the molecule is CCC1Oc2ccc(-c3csc(C)n3)cc2N(CC(=O)N2CCc3ccccc3C2)C1=O. The average molecular weight is 448 g/mol. The molecule has 3 aromatic rings. The van der Waals surface area contributed by atoms with E-state index in [2.05, 4.69) is 17.1 Å². The molecule has 2 amide bonds. The Hall–Kier alpha value is -3.19. The number of amides is 2. The van der Waals surface area contributed by atoms with E-state index in [1.54, 1.807) is 16.2 Å². The van der Waals surface area contributed by atoms with Gasteiger partial charge in [0.15, 0.2) is 6.10 Å². The van der Waals surface area contributed by atoms with Crippen LogP contribution < -0.4 is 9.64 Å². The number of carbonyl (C=O) groups is 2. The third-order valence-corrected chi connectivity index (χ3v) is 6.90. The number of thiazole rings is 1. The second kappa shape index (κ2) is 8.39. The van der Waals surface area contributed by atoms with Crippen LogP contribution in [0.4, 0.5) is 5.69 Å². The van der Waals surface area contributed by atoms with Gasteiger partial charge in [0, 0.05) is 24.0 Å². The van der Waals surface area contributed by atoms with Crippen LogP contribution >= 0.6 is 11.3 Å². The number of rotatable bonds is 4. The maximum atomic E-state index is 13.3. The molecule has 1 aromatic heterocycles. The zero-order valence-electron chi connectivity index (χ0n) is 18.2. The predicted molar refractivity (Wildman–Crippen MR) is 125 cm³/mol. The second-order valence-corrected chi connectivity index (χ2v) is 9.27. The summed E-state index contributed by atoms with van der Waals surface area (Å²) in [6.45, 7) is 5.13. The lowest BCUT2D eigenvalue weighted by atomic mass is 10.00. The van der Waals surface area contributed by atoms with Gasteiger partial charge >= 0.3 is 0 Å². The Kier molecular flexibility index (Phi) is 5.43. The lowest BCUT2D eigenvalue weighted by Crippen LogP contribution is -2.50. The van der Waals surface area contributed by atoms with E-state index in [9.17, 15) is 9.59 Å². The summed E-state index contributed by atoms with van der Waals surface area (Å²) in [6, 6.07) is 14.0. The van der Waals surface area contributed by atoms with Crippen molar-refractivity contribution in [2.45, 2.75) is 39.3 Å². The van der Waals surface area contributed by atoms with Crippen molar-refractivity contribution in [2.24, 2.45) is 0 Å². The zero-order chi connectivity index (χ0) is 22.2. The lowest BCUT2D eigenvalue weighted by molar-refractivity contribution is -0.134. The van der Waals surface area contributed by atoms with Crippen molar-refractivity contribution >= 4 is 28.8 Å². The van der Waals surface area contributed by atoms with Crippen LogP contribution in [0.1, 0.15) is 29.5 Å². The number of ether oxygens (including phenoxy) is 1. The number of carbonyl (C=O) groups excluding carboxylic acids is 2. The minimum atomic E-state index is -0.579. The largest absolute Gasteiger partial charge is 0.478 e. The molecule has 32 heavy (non-hydrogen) atoms. The Bertz CT molecular complexity index is 1190. The minimum absolute atomic E-state index is 0.00735. The van der Waals surface area contributed by atoms with Gasteiger partial charge in [-0.3, -0.25) is 14.5 Å². The van der Waals surface area contributed by atoms with Gasteiger partial charge in [0.1, 0.15) is 12.3 Å². The van der Waals surface area contributed by atoms with E-state index in [1.165, 1.54) is 11.1 Å². The molecular weight excluding hydrogens is 422 g/mol. The fraction of sp³-hybridized carbons (Fsp3) is 0.320. The fourth-order valence-corrected chi connectivity index (χ4v) is 4.97. The van der Waals surface area contributed by atoms with Crippen LogP contribution in [0.15, 0.2) is 47.8 Å². The smallest absolute Gasteiger partial charge is 0.268 e. The first kappa shape index (κ1) is 20.7. The number of hydrogen-bond acceptors (Lipinski definition) is 5. The van der Waals surface area contributed by atoms with E-state index in [1.807, 2.05) is 54.5 Å². The summed E-state index contributed by atoms with van der Waals surface area (Å²) in [4.78, 5) is 34.5. The molecule has 0 radical (unpaired) electrons. The van der Waals surface area contributed by atoms with Crippen LogP contribution in [0.5, 0.6) is 5.75 Å². The lowest BCUT2D eigenvalue weighted by Gasteiger charge is -2.36. The summed E-state index contributed by atoms with van der Waals surface area (Å²) in [5, 5.41) is 2.98. The second-order valence-electron chi connectivity index (χ2n) is 8.21. The van der Waals surface area contributed by atoms with Gasteiger partial charge in [-0.05, 0) is 49.1 Å². The van der Waals surface area contributed by atoms with Crippen LogP contribution in [0.3, 0.4) is 0 Å². The number of anilines is 1. The molecule has 164 valence electrons. The van der Waals surface area contributed by atoms with Crippen molar-refractivity contribution in [3.63, 3.8) is 0 Å². The predicted octanol–water partition coefficient (Wildman–Crippen LogP) is 4.21. The van der Waals surface area contributed by atoms with Gasteiger partial charge < -0.3 is 9.64 Å². The first-order valence-electron chi connectivity index (χ1n) is 10.9.